The van der Waals surface area contributed by atoms with E-state index in [0.29, 0.717) is 0 Å². The summed E-state index contributed by atoms with van der Waals surface area (Å²) in [5.74, 6) is 0. The van der Waals surface area contributed by atoms with Crippen LogP contribution in [0.1, 0.15) is 26.3 Å². The van der Waals surface area contributed by atoms with Crippen LogP contribution in [0.25, 0.3) is 32.9 Å². The van der Waals surface area contributed by atoms with E-state index >= 15 is 0 Å². The summed E-state index contributed by atoms with van der Waals surface area (Å²) in [5.41, 5.74) is 5.56. The van der Waals surface area contributed by atoms with E-state index in [1.165, 1.54) is 5.56 Å². The highest BCUT2D eigenvalue weighted by molar-refractivity contribution is 7.28. The summed E-state index contributed by atoms with van der Waals surface area (Å²) >= 11 is 42.5. The Morgan fingerprint density at radius 3 is 1.55 bits per heavy atom. The Kier molecular flexibility index (Phi) is 7.41. The number of rotatable bonds is 5. The Balaban J connectivity index is 1.41. The molecule has 3 heterocycles. The molecular weight excluding hydrogens is 739 g/mol. The van der Waals surface area contributed by atoms with Gasteiger partial charge in [-0.05, 0) is 43.4 Å². The smallest absolute Gasteiger partial charge is 0.180 e. The van der Waals surface area contributed by atoms with E-state index in [1.54, 1.807) is 0 Å². The van der Waals surface area contributed by atoms with Crippen LogP contribution in [-0.4, -0.2) is 39.0 Å². The van der Waals surface area contributed by atoms with Gasteiger partial charge in [-0.1, -0.05) is 130 Å². The Bertz CT molecular complexity index is 2180. The molecule has 2 saturated heterocycles. The number of fused-ring (bicyclic) bond motifs is 3. The first-order chi connectivity index (χ1) is 22.3. The fourth-order valence-electron chi connectivity index (χ4n) is 7.67. The predicted molar refractivity (Wildman–Crippen MR) is 211 cm³/mol. The Morgan fingerprint density at radius 1 is 0.574 bits per heavy atom. The van der Waals surface area contributed by atoms with Crippen LogP contribution in [0.4, 0.5) is 0 Å². The third kappa shape index (κ3) is 4.41. The van der Waals surface area contributed by atoms with Crippen LogP contribution in [0.15, 0.2) is 115 Å². The Labute approximate surface area is 307 Å². The second kappa shape index (κ2) is 10.8. The monoisotopic (exact) mass is 767 g/mol. The maximum Gasteiger partial charge on any atom is 0.180 e. The minimum Gasteiger partial charge on any atom is -0.354 e. The summed E-state index contributed by atoms with van der Waals surface area (Å²) < 4.78 is -2.09. The fourth-order valence-corrected chi connectivity index (χ4v) is 25.4. The van der Waals surface area contributed by atoms with E-state index in [4.69, 9.17) is 69.6 Å². The summed E-state index contributed by atoms with van der Waals surface area (Å²) in [5, 5.41) is 5.85. The Hall–Kier alpha value is -1.93. The molecule has 47 heavy (non-hydrogen) atoms. The molecule has 0 radical (unpaired) electrons. The van der Waals surface area contributed by atoms with E-state index in [0.717, 1.165) is 53.7 Å². The molecule has 238 valence electrons. The molecule has 1 N–H and O–H groups in total. The molecule has 8 rings (SSSR count). The summed E-state index contributed by atoms with van der Waals surface area (Å²) in [6.45, 7) is 6.69. The molecule has 5 aromatic carbocycles. The van der Waals surface area contributed by atoms with Crippen molar-refractivity contribution in [3.05, 3.63) is 121 Å². The third-order valence-corrected chi connectivity index (χ3v) is 28.4. The van der Waals surface area contributed by atoms with Gasteiger partial charge in [-0.25, -0.2) is 0 Å². The molecule has 0 aliphatic carbocycles. The van der Waals surface area contributed by atoms with Crippen molar-refractivity contribution < 1.29 is 0 Å². The van der Waals surface area contributed by atoms with Crippen LogP contribution < -0.4 is 20.7 Å². The average Bonchev–Trinajstić information content (AvgIpc) is 3.59. The number of halogens is 6. The fraction of sp³-hybridized carbons (Fsp3) is 0.211. The number of nitrogens with one attached hydrogen (secondary N) is 1. The van der Waals surface area contributed by atoms with Crippen molar-refractivity contribution in [1.82, 2.24) is 4.98 Å². The Morgan fingerprint density at radius 2 is 1.06 bits per heavy atom. The number of hydrogen-bond donors (Lipinski definition) is 1. The zero-order valence-electron chi connectivity index (χ0n) is 25.9. The lowest BCUT2D eigenvalue weighted by molar-refractivity contribution is 0.590. The van der Waals surface area contributed by atoms with Crippen molar-refractivity contribution in [2.24, 2.45) is 0 Å². The van der Waals surface area contributed by atoms with Gasteiger partial charge in [0.2, 0.25) is 0 Å². The lowest BCUT2D eigenvalue weighted by Crippen LogP contribution is -2.52. The van der Waals surface area contributed by atoms with Gasteiger partial charge in [0.15, 0.2) is 16.1 Å². The first-order valence-electron chi connectivity index (χ1n) is 15.6. The summed E-state index contributed by atoms with van der Waals surface area (Å²) in [6, 6.07) is 40.5. The second-order valence-corrected chi connectivity index (χ2v) is 27.9. The van der Waals surface area contributed by atoms with Gasteiger partial charge in [0, 0.05) is 21.9 Å². The maximum absolute atomic E-state index is 7.15. The number of H-pyrrole nitrogens is 1. The van der Waals surface area contributed by atoms with Gasteiger partial charge < -0.3 is 4.98 Å². The number of aromatic amines is 1. The highest BCUT2D eigenvalue weighted by Crippen LogP contribution is 2.59. The average molecular weight is 771 g/mol. The van der Waals surface area contributed by atoms with Crippen LogP contribution >= 0.6 is 69.6 Å². The van der Waals surface area contributed by atoms with Crippen molar-refractivity contribution in [2.45, 2.75) is 44.1 Å². The molecule has 0 spiro atoms. The highest BCUT2D eigenvalue weighted by atomic mass is 35.5. The van der Waals surface area contributed by atoms with Gasteiger partial charge in [0.05, 0.1) is 15.5 Å². The summed E-state index contributed by atoms with van der Waals surface area (Å²) in [4.78, 5) is 3.76. The molecule has 2 fully saturated rings. The van der Waals surface area contributed by atoms with Crippen molar-refractivity contribution in [3.63, 3.8) is 0 Å². The minimum absolute atomic E-state index is 0.0377. The molecular formula is C38H31Cl6NSi2. The van der Waals surface area contributed by atoms with Crippen LogP contribution in [0, 0.1) is 0 Å². The number of alkyl halides is 6. The second-order valence-electron chi connectivity index (χ2n) is 14.0. The van der Waals surface area contributed by atoms with Gasteiger partial charge in [0.25, 0.3) is 0 Å². The van der Waals surface area contributed by atoms with Crippen LogP contribution in [0.2, 0.25) is 0 Å². The van der Waals surface area contributed by atoms with Crippen molar-refractivity contribution in [3.8, 4) is 11.1 Å². The topological polar surface area (TPSA) is 15.8 Å². The number of aromatic nitrogens is 1. The minimum atomic E-state index is -2.82. The molecule has 2 aliphatic heterocycles. The molecule has 0 saturated carbocycles. The molecule has 6 aromatic rings. The lowest BCUT2D eigenvalue weighted by Gasteiger charge is -2.21. The molecule has 0 amide bonds. The zero-order valence-corrected chi connectivity index (χ0v) is 32.4. The van der Waals surface area contributed by atoms with Gasteiger partial charge in [-0.3, -0.25) is 0 Å². The van der Waals surface area contributed by atoms with Crippen LogP contribution in [0.5, 0.6) is 0 Å². The van der Waals surface area contributed by atoms with Gasteiger partial charge in [-0.15, -0.1) is 69.6 Å². The van der Waals surface area contributed by atoms with E-state index in [-0.39, 0.29) is 15.4 Å². The zero-order chi connectivity index (χ0) is 33.1. The highest BCUT2D eigenvalue weighted by Gasteiger charge is 2.80. The molecule has 4 unspecified atom stereocenters. The largest absolute Gasteiger partial charge is 0.354 e. The predicted octanol–water partition coefficient (Wildman–Crippen LogP) is 9.16. The van der Waals surface area contributed by atoms with Crippen LogP contribution in [0.3, 0.4) is 0 Å². The molecule has 9 heteroatoms. The first-order valence-corrected chi connectivity index (χ1v) is 22.2. The molecule has 1 nitrogen and oxygen atoms in total. The van der Waals surface area contributed by atoms with E-state index in [1.807, 2.05) is 36.4 Å². The first kappa shape index (κ1) is 32.3. The van der Waals surface area contributed by atoms with E-state index in [2.05, 4.69) is 105 Å². The summed E-state index contributed by atoms with van der Waals surface area (Å²) in [6.07, 6.45) is 0. The van der Waals surface area contributed by atoms with Crippen molar-refractivity contribution in [1.29, 1.82) is 0 Å². The molecule has 2 aliphatic rings. The summed E-state index contributed by atoms with van der Waals surface area (Å²) in [7, 11) is -5.53. The normalized spacial score (nSPS) is 26.1. The van der Waals surface area contributed by atoms with E-state index < -0.39 is 24.1 Å². The van der Waals surface area contributed by atoms with Gasteiger partial charge in [-0.2, -0.15) is 0 Å². The third-order valence-electron chi connectivity index (χ3n) is 10.4. The quantitative estimate of drug-likeness (QED) is 0.133. The molecule has 4 atom stereocenters. The molecule has 0 bridgehead atoms. The number of hydrogen-bond acceptors (Lipinski definition) is 0. The van der Waals surface area contributed by atoms with Crippen molar-refractivity contribution in [2.75, 3.05) is 0 Å². The number of benzene rings is 5. The van der Waals surface area contributed by atoms with Gasteiger partial charge >= 0.3 is 0 Å². The SMILES string of the molecule is CC(C)(C)c1ccc(-c2cc([Si]3(c4ccccc4)C(Cl)C3(Cl)Cl)cc3c2[nH]c2ccc([Si]4(c5ccccc5)C(Cl)C4(Cl)Cl)cc23)cc1. The lowest BCUT2D eigenvalue weighted by atomic mass is 9.86. The maximum atomic E-state index is 7.15. The van der Waals surface area contributed by atoms with Crippen LogP contribution in [-0.2, 0) is 5.41 Å². The van der Waals surface area contributed by atoms with Gasteiger partial charge in [0.1, 0.15) is 7.91 Å². The standard InChI is InChI=1S/C38H31Cl6NSi2/c1-36(2,3)24-16-14-23(15-17-24)29-21-28(47(35(40)38(47,43)44)26-12-8-5-9-13-26)22-31-30-20-27(18-19-32(30)45-33(29)31)46(34(39)37(46,41)42)25-10-6-4-7-11-25/h4-22,34-35,45H,1-3H3. The van der Waals surface area contributed by atoms with E-state index in [9.17, 15) is 0 Å². The molecule has 1 aromatic heterocycles. The van der Waals surface area contributed by atoms with Crippen molar-refractivity contribution >= 4 is 128 Å².